The molecule has 1 fully saturated rings. The molecule has 5 nitrogen and oxygen atoms in total. The second-order valence-electron chi connectivity index (χ2n) is 6.77. The maximum absolute atomic E-state index is 12.8. The molecule has 1 saturated heterocycles. The molecule has 0 bridgehead atoms. The first-order chi connectivity index (χ1) is 12.7. The Morgan fingerprint density at radius 1 is 1.23 bits per heavy atom. The Labute approximate surface area is 160 Å². The molecule has 140 valence electrons. The van der Waals surface area contributed by atoms with Crippen LogP contribution in [0.25, 0.3) is 0 Å². The molecule has 0 saturated carbocycles. The molecule has 0 radical (unpaired) electrons. The summed E-state index contributed by atoms with van der Waals surface area (Å²) >= 11 is 1.67. The third kappa shape index (κ3) is 4.62. The fourth-order valence-electron chi connectivity index (χ4n) is 3.43. The number of hydrogen-bond acceptors (Lipinski definition) is 5. The van der Waals surface area contributed by atoms with Crippen LogP contribution < -0.4 is 10.2 Å². The molecule has 1 amide bonds. The molecular weight excluding hydrogens is 344 g/mol. The van der Waals surface area contributed by atoms with Crippen molar-refractivity contribution >= 4 is 22.4 Å². The largest absolute Gasteiger partial charge is 0.348 e. The van der Waals surface area contributed by atoms with Crippen LogP contribution >= 0.6 is 11.3 Å². The van der Waals surface area contributed by atoms with Gasteiger partial charge in [0.15, 0.2) is 5.13 Å². The molecule has 1 aromatic heterocycles. The van der Waals surface area contributed by atoms with E-state index in [1.54, 1.807) is 11.3 Å². The van der Waals surface area contributed by atoms with Gasteiger partial charge in [-0.05, 0) is 18.9 Å². The van der Waals surface area contributed by atoms with Gasteiger partial charge >= 0.3 is 0 Å². The monoisotopic (exact) mass is 372 g/mol. The molecular formula is C20H28N4OS. The van der Waals surface area contributed by atoms with Crippen LogP contribution in [0.2, 0.25) is 0 Å². The Balaban J connectivity index is 1.55. The standard InChI is InChI=1S/C20H28N4OS/c1-3-7-18(17-8-5-4-6-9-17)22-19(25)16(2)23-11-13-24(14-12-23)20-21-10-15-26-20/h4-6,8-10,15-16,18H,3,7,11-14H2,1-2H3,(H,22,25)/t16-,18-/m0/s1. The van der Waals surface area contributed by atoms with Gasteiger partial charge in [-0.15, -0.1) is 11.3 Å². The van der Waals surface area contributed by atoms with E-state index in [4.69, 9.17) is 0 Å². The molecule has 0 aliphatic carbocycles. The maximum atomic E-state index is 12.8. The van der Waals surface area contributed by atoms with Gasteiger partial charge in [0.2, 0.25) is 5.91 Å². The molecule has 0 unspecified atom stereocenters. The van der Waals surface area contributed by atoms with Crippen molar-refractivity contribution in [3.63, 3.8) is 0 Å². The maximum Gasteiger partial charge on any atom is 0.237 e. The van der Waals surface area contributed by atoms with E-state index in [2.05, 4.69) is 39.2 Å². The summed E-state index contributed by atoms with van der Waals surface area (Å²) in [5.74, 6) is 0.120. The predicted octanol–water partition coefficient (Wildman–Crippen LogP) is 3.31. The van der Waals surface area contributed by atoms with Crippen molar-refractivity contribution < 1.29 is 4.79 Å². The number of nitrogens with one attached hydrogen (secondary N) is 1. The van der Waals surface area contributed by atoms with Gasteiger partial charge in [-0.2, -0.15) is 0 Å². The van der Waals surface area contributed by atoms with Gasteiger partial charge in [0.1, 0.15) is 0 Å². The van der Waals surface area contributed by atoms with Crippen LogP contribution in [0.4, 0.5) is 5.13 Å². The molecule has 1 aliphatic heterocycles. The Morgan fingerprint density at radius 3 is 2.58 bits per heavy atom. The Kier molecular flexibility index (Phi) is 6.63. The van der Waals surface area contributed by atoms with E-state index < -0.39 is 0 Å². The first-order valence-electron chi connectivity index (χ1n) is 9.43. The summed E-state index contributed by atoms with van der Waals surface area (Å²) in [4.78, 5) is 21.8. The van der Waals surface area contributed by atoms with E-state index in [1.165, 1.54) is 5.56 Å². The minimum Gasteiger partial charge on any atom is -0.348 e. The highest BCUT2D eigenvalue weighted by Crippen LogP contribution is 2.21. The zero-order valence-electron chi connectivity index (χ0n) is 15.6. The van der Waals surface area contributed by atoms with Gasteiger partial charge in [0.05, 0.1) is 12.1 Å². The van der Waals surface area contributed by atoms with Gasteiger partial charge < -0.3 is 10.2 Å². The average molecular weight is 373 g/mol. The van der Waals surface area contributed by atoms with E-state index >= 15 is 0 Å². The minimum absolute atomic E-state index is 0.0905. The smallest absolute Gasteiger partial charge is 0.237 e. The van der Waals surface area contributed by atoms with E-state index in [9.17, 15) is 4.79 Å². The number of nitrogens with zero attached hydrogens (tertiary/aromatic N) is 3. The predicted molar refractivity (Wildman–Crippen MR) is 108 cm³/mol. The average Bonchev–Trinajstić information content (AvgIpc) is 3.22. The molecule has 26 heavy (non-hydrogen) atoms. The number of carbonyl (C=O) groups excluding carboxylic acids is 1. The number of amides is 1. The molecule has 0 spiro atoms. The van der Waals surface area contributed by atoms with Crippen LogP contribution in [-0.2, 0) is 4.79 Å². The molecule has 2 atom stereocenters. The molecule has 1 N–H and O–H groups in total. The first kappa shape index (κ1) is 18.9. The third-order valence-electron chi connectivity index (χ3n) is 5.03. The third-order valence-corrected chi connectivity index (χ3v) is 5.86. The van der Waals surface area contributed by atoms with Crippen molar-refractivity contribution in [2.75, 3.05) is 31.1 Å². The summed E-state index contributed by atoms with van der Waals surface area (Å²) in [7, 11) is 0. The van der Waals surface area contributed by atoms with Gasteiger partial charge in [0.25, 0.3) is 0 Å². The zero-order chi connectivity index (χ0) is 18.4. The van der Waals surface area contributed by atoms with E-state index in [1.807, 2.05) is 36.7 Å². The van der Waals surface area contributed by atoms with Crippen LogP contribution in [0, 0.1) is 0 Å². The highest BCUT2D eigenvalue weighted by Gasteiger charge is 2.27. The van der Waals surface area contributed by atoms with Gasteiger partial charge in [-0.25, -0.2) is 4.98 Å². The number of carbonyl (C=O) groups is 1. The lowest BCUT2D eigenvalue weighted by Gasteiger charge is -2.37. The van der Waals surface area contributed by atoms with Gasteiger partial charge in [0, 0.05) is 37.8 Å². The highest BCUT2D eigenvalue weighted by atomic mass is 32.1. The Morgan fingerprint density at radius 2 is 1.96 bits per heavy atom. The highest BCUT2D eigenvalue weighted by molar-refractivity contribution is 7.13. The van der Waals surface area contributed by atoms with Crippen LogP contribution in [-0.4, -0.2) is 48.0 Å². The molecule has 6 heteroatoms. The van der Waals surface area contributed by atoms with Crippen LogP contribution in [0.5, 0.6) is 0 Å². The van der Waals surface area contributed by atoms with E-state index in [-0.39, 0.29) is 18.0 Å². The van der Waals surface area contributed by atoms with E-state index in [0.717, 1.165) is 44.2 Å². The summed E-state index contributed by atoms with van der Waals surface area (Å²) in [6.45, 7) is 7.78. The quantitative estimate of drug-likeness (QED) is 0.810. The lowest BCUT2D eigenvalue weighted by molar-refractivity contribution is -0.126. The molecule has 3 rings (SSSR count). The minimum atomic E-state index is -0.114. The van der Waals surface area contributed by atoms with Crippen molar-refractivity contribution in [3.8, 4) is 0 Å². The summed E-state index contributed by atoms with van der Waals surface area (Å²) in [5.41, 5.74) is 1.18. The number of benzene rings is 1. The summed E-state index contributed by atoms with van der Waals surface area (Å²) in [6.07, 6.45) is 3.85. The summed E-state index contributed by atoms with van der Waals surface area (Å²) in [6, 6.07) is 10.2. The number of aromatic nitrogens is 1. The van der Waals surface area contributed by atoms with Crippen molar-refractivity contribution in [2.45, 2.75) is 38.8 Å². The fraction of sp³-hybridized carbons (Fsp3) is 0.500. The Hall–Kier alpha value is -1.92. The van der Waals surface area contributed by atoms with Gasteiger partial charge in [-0.1, -0.05) is 43.7 Å². The number of rotatable bonds is 7. The van der Waals surface area contributed by atoms with E-state index in [0.29, 0.717) is 0 Å². The molecule has 2 aromatic rings. The SMILES string of the molecule is CCC[C@H](NC(=O)[C@H](C)N1CCN(c2nccs2)CC1)c1ccccc1. The second kappa shape index (κ2) is 9.14. The van der Waals surface area contributed by atoms with Crippen molar-refractivity contribution in [3.05, 3.63) is 47.5 Å². The second-order valence-corrected chi connectivity index (χ2v) is 7.65. The number of anilines is 1. The topological polar surface area (TPSA) is 48.5 Å². The van der Waals surface area contributed by atoms with Crippen LogP contribution in [0.3, 0.4) is 0 Å². The fourth-order valence-corrected chi connectivity index (χ4v) is 4.12. The number of thiazole rings is 1. The van der Waals surface area contributed by atoms with Crippen molar-refractivity contribution in [1.82, 2.24) is 15.2 Å². The van der Waals surface area contributed by atoms with Crippen LogP contribution in [0.15, 0.2) is 41.9 Å². The van der Waals surface area contributed by atoms with Crippen molar-refractivity contribution in [1.29, 1.82) is 0 Å². The molecule has 1 aliphatic rings. The lowest BCUT2D eigenvalue weighted by Crippen LogP contribution is -2.54. The normalized spacial score (nSPS) is 17.7. The summed E-state index contributed by atoms with van der Waals surface area (Å²) < 4.78 is 0. The zero-order valence-corrected chi connectivity index (χ0v) is 16.4. The molecule has 1 aromatic carbocycles. The molecule has 2 heterocycles. The van der Waals surface area contributed by atoms with Crippen LogP contribution in [0.1, 0.15) is 38.3 Å². The summed E-state index contributed by atoms with van der Waals surface area (Å²) in [5, 5.41) is 6.35. The Bertz CT molecular complexity index is 668. The van der Waals surface area contributed by atoms with Gasteiger partial charge in [-0.3, -0.25) is 9.69 Å². The number of hydrogen-bond donors (Lipinski definition) is 1. The van der Waals surface area contributed by atoms with Crippen molar-refractivity contribution in [2.24, 2.45) is 0 Å². The number of piperazine rings is 1. The lowest BCUT2D eigenvalue weighted by atomic mass is 10.0. The first-order valence-corrected chi connectivity index (χ1v) is 10.3.